The SMILES string of the molecule is CCc1cccc(CC(=O)NC(C(=O)O)C2CCCOC2)c1. The van der Waals surface area contributed by atoms with Crippen molar-refractivity contribution in [2.75, 3.05) is 13.2 Å². The van der Waals surface area contributed by atoms with Crippen molar-refractivity contribution in [1.29, 1.82) is 0 Å². The molecule has 0 radical (unpaired) electrons. The van der Waals surface area contributed by atoms with Gasteiger partial charge in [0.05, 0.1) is 13.0 Å². The topological polar surface area (TPSA) is 75.6 Å². The Balaban J connectivity index is 1.96. The van der Waals surface area contributed by atoms with E-state index in [2.05, 4.69) is 12.2 Å². The first kappa shape index (κ1) is 16.5. The van der Waals surface area contributed by atoms with Gasteiger partial charge in [-0.15, -0.1) is 0 Å². The molecule has 5 heteroatoms. The summed E-state index contributed by atoms with van der Waals surface area (Å²) in [6.45, 7) is 3.12. The van der Waals surface area contributed by atoms with Gasteiger partial charge >= 0.3 is 5.97 Å². The van der Waals surface area contributed by atoms with Gasteiger partial charge in [-0.3, -0.25) is 4.79 Å². The molecule has 120 valence electrons. The van der Waals surface area contributed by atoms with Crippen molar-refractivity contribution < 1.29 is 19.4 Å². The van der Waals surface area contributed by atoms with Gasteiger partial charge in [-0.1, -0.05) is 31.2 Å². The molecule has 0 spiro atoms. The first-order valence-electron chi connectivity index (χ1n) is 7.78. The molecule has 22 heavy (non-hydrogen) atoms. The number of hydrogen-bond donors (Lipinski definition) is 2. The Kier molecular flexibility index (Phi) is 5.95. The molecule has 1 fully saturated rings. The summed E-state index contributed by atoms with van der Waals surface area (Å²) >= 11 is 0. The van der Waals surface area contributed by atoms with Crippen LogP contribution >= 0.6 is 0 Å². The lowest BCUT2D eigenvalue weighted by molar-refractivity contribution is -0.145. The molecule has 2 N–H and O–H groups in total. The van der Waals surface area contributed by atoms with Crippen LogP contribution < -0.4 is 5.32 Å². The number of ether oxygens (including phenoxy) is 1. The van der Waals surface area contributed by atoms with Crippen LogP contribution in [0.1, 0.15) is 30.9 Å². The largest absolute Gasteiger partial charge is 0.480 e. The molecule has 2 atom stereocenters. The second-order valence-corrected chi connectivity index (χ2v) is 5.71. The molecule has 1 aromatic carbocycles. The van der Waals surface area contributed by atoms with Crippen molar-refractivity contribution in [2.24, 2.45) is 5.92 Å². The van der Waals surface area contributed by atoms with E-state index in [0.717, 1.165) is 24.8 Å². The maximum atomic E-state index is 12.2. The highest BCUT2D eigenvalue weighted by molar-refractivity contribution is 5.85. The van der Waals surface area contributed by atoms with Crippen LogP contribution in [-0.4, -0.2) is 36.2 Å². The minimum atomic E-state index is -0.994. The van der Waals surface area contributed by atoms with E-state index in [-0.39, 0.29) is 18.2 Å². The van der Waals surface area contributed by atoms with Gasteiger partial charge in [-0.2, -0.15) is 0 Å². The number of aryl methyl sites for hydroxylation is 1. The molecule has 0 aliphatic carbocycles. The summed E-state index contributed by atoms with van der Waals surface area (Å²) in [6.07, 6.45) is 2.71. The molecule has 1 aliphatic heterocycles. The number of carboxylic acid groups (broad SMARTS) is 1. The van der Waals surface area contributed by atoms with Crippen LogP contribution in [0.4, 0.5) is 0 Å². The minimum Gasteiger partial charge on any atom is -0.480 e. The number of rotatable bonds is 6. The maximum absolute atomic E-state index is 12.2. The molecule has 2 unspecified atom stereocenters. The standard InChI is InChI=1S/C17H23NO4/c1-2-12-5-3-6-13(9-12)10-15(19)18-16(17(20)21)14-7-4-8-22-11-14/h3,5-6,9,14,16H,2,4,7-8,10-11H2,1H3,(H,18,19)(H,20,21). The van der Waals surface area contributed by atoms with Crippen molar-refractivity contribution in [2.45, 2.75) is 38.6 Å². The number of hydrogen-bond acceptors (Lipinski definition) is 3. The highest BCUT2D eigenvalue weighted by atomic mass is 16.5. The molecule has 1 saturated heterocycles. The zero-order valence-electron chi connectivity index (χ0n) is 12.9. The Morgan fingerprint density at radius 3 is 2.82 bits per heavy atom. The number of carboxylic acids is 1. The average molecular weight is 305 g/mol. The number of amides is 1. The Morgan fingerprint density at radius 2 is 2.18 bits per heavy atom. The fourth-order valence-corrected chi connectivity index (χ4v) is 2.78. The molecule has 1 aliphatic rings. The number of benzene rings is 1. The Hall–Kier alpha value is -1.88. The van der Waals surface area contributed by atoms with E-state index in [1.54, 1.807) is 0 Å². The Morgan fingerprint density at radius 1 is 1.41 bits per heavy atom. The normalized spacial score (nSPS) is 19.4. The predicted molar refractivity (Wildman–Crippen MR) is 82.6 cm³/mol. The number of carbonyl (C=O) groups is 2. The van der Waals surface area contributed by atoms with Gasteiger partial charge in [0.25, 0.3) is 0 Å². The van der Waals surface area contributed by atoms with Gasteiger partial charge in [-0.25, -0.2) is 4.79 Å². The molecule has 0 saturated carbocycles. The van der Waals surface area contributed by atoms with Crippen molar-refractivity contribution in [3.63, 3.8) is 0 Å². The van der Waals surface area contributed by atoms with Crippen LogP contribution in [-0.2, 0) is 27.2 Å². The first-order chi connectivity index (χ1) is 10.6. The summed E-state index contributed by atoms with van der Waals surface area (Å²) < 4.78 is 5.33. The molecular weight excluding hydrogens is 282 g/mol. The van der Waals surface area contributed by atoms with Crippen LogP contribution in [0.15, 0.2) is 24.3 Å². The van der Waals surface area contributed by atoms with Gasteiger partial charge in [-0.05, 0) is 30.4 Å². The van der Waals surface area contributed by atoms with E-state index in [1.165, 1.54) is 5.56 Å². The Labute approximate surface area is 130 Å². The van der Waals surface area contributed by atoms with Crippen LogP contribution in [0.5, 0.6) is 0 Å². The van der Waals surface area contributed by atoms with Gasteiger partial charge < -0.3 is 15.2 Å². The fourth-order valence-electron chi connectivity index (χ4n) is 2.78. The third-order valence-electron chi connectivity index (χ3n) is 4.01. The smallest absolute Gasteiger partial charge is 0.326 e. The number of aliphatic carboxylic acids is 1. The van der Waals surface area contributed by atoms with Gasteiger partial charge in [0.1, 0.15) is 6.04 Å². The molecule has 1 amide bonds. The molecule has 2 rings (SSSR count). The minimum absolute atomic E-state index is 0.155. The lowest BCUT2D eigenvalue weighted by Gasteiger charge is -2.28. The summed E-state index contributed by atoms with van der Waals surface area (Å²) in [5.41, 5.74) is 2.07. The lowest BCUT2D eigenvalue weighted by atomic mass is 9.93. The number of nitrogens with one attached hydrogen (secondary N) is 1. The van der Waals surface area contributed by atoms with Gasteiger partial charge in [0.15, 0.2) is 0 Å². The van der Waals surface area contributed by atoms with Crippen molar-refractivity contribution >= 4 is 11.9 Å². The van der Waals surface area contributed by atoms with E-state index >= 15 is 0 Å². The summed E-state index contributed by atoms with van der Waals surface area (Å²) in [5.74, 6) is -1.41. The third-order valence-corrected chi connectivity index (χ3v) is 4.01. The Bertz CT molecular complexity index is 523. The third kappa shape index (κ3) is 4.56. The first-order valence-corrected chi connectivity index (χ1v) is 7.78. The van der Waals surface area contributed by atoms with E-state index < -0.39 is 12.0 Å². The van der Waals surface area contributed by atoms with Crippen LogP contribution in [0.3, 0.4) is 0 Å². The maximum Gasteiger partial charge on any atom is 0.326 e. The van der Waals surface area contributed by atoms with E-state index in [0.29, 0.717) is 13.2 Å². The average Bonchev–Trinajstić information content (AvgIpc) is 2.53. The molecule has 0 bridgehead atoms. The van der Waals surface area contributed by atoms with Crippen molar-refractivity contribution in [3.8, 4) is 0 Å². The van der Waals surface area contributed by atoms with E-state index in [4.69, 9.17) is 4.74 Å². The van der Waals surface area contributed by atoms with Gasteiger partial charge in [0, 0.05) is 12.5 Å². The summed E-state index contributed by atoms with van der Waals surface area (Å²) in [6, 6.07) is 6.94. The van der Waals surface area contributed by atoms with Crippen LogP contribution in [0.25, 0.3) is 0 Å². The summed E-state index contributed by atoms with van der Waals surface area (Å²) in [5, 5.41) is 12.0. The monoisotopic (exact) mass is 305 g/mol. The predicted octanol–water partition coefficient (Wildman–Crippen LogP) is 1.79. The summed E-state index contributed by atoms with van der Waals surface area (Å²) in [4.78, 5) is 23.6. The fraction of sp³-hybridized carbons (Fsp3) is 0.529. The van der Waals surface area contributed by atoms with Crippen LogP contribution in [0, 0.1) is 5.92 Å². The van der Waals surface area contributed by atoms with E-state index in [1.807, 2.05) is 24.3 Å². The van der Waals surface area contributed by atoms with Crippen LogP contribution in [0.2, 0.25) is 0 Å². The zero-order valence-corrected chi connectivity index (χ0v) is 12.9. The zero-order chi connectivity index (χ0) is 15.9. The quantitative estimate of drug-likeness (QED) is 0.840. The van der Waals surface area contributed by atoms with Gasteiger partial charge in [0.2, 0.25) is 5.91 Å². The van der Waals surface area contributed by atoms with Crippen molar-refractivity contribution in [1.82, 2.24) is 5.32 Å². The molecule has 1 heterocycles. The second-order valence-electron chi connectivity index (χ2n) is 5.71. The second kappa shape index (κ2) is 7.94. The van der Waals surface area contributed by atoms with E-state index in [9.17, 15) is 14.7 Å². The number of carbonyl (C=O) groups excluding carboxylic acids is 1. The highest BCUT2D eigenvalue weighted by Gasteiger charge is 2.31. The molecule has 5 nitrogen and oxygen atoms in total. The van der Waals surface area contributed by atoms with Crippen molar-refractivity contribution in [3.05, 3.63) is 35.4 Å². The highest BCUT2D eigenvalue weighted by Crippen LogP contribution is 2.18. The summed E-state index contributed by atoms with van der Waals surface area (Å²) in [7, 11) is 0. The molecule has 0 aromatic heterocycles. The molecule has 1 aromatic rings. The molecular formula is C17H23NO4. The lowest BCUT2D eigenvalue weighted by Crippen LogP contribution is -2.48.